The molecule has 9 heteroatoms. The Balaban J connectivity index is 1.60. The summed E-state index contributed by atoms with van der Waals surface area (Å²) in [6.07, 6.45) is 6.58. The molecule has 0 bridgehead atoms. The number of carbonyl (C=O) groups is 1. The van der Waals surface area contributed by atoms with Crippen molar-refractivity contribution in [1.82, 2.24) is 19.8 Å². The van der Waals surface area contributed by atoms with Crippen molar-refractivity contribution in [2.75, 3.05) is 68.1 Å². The number of anilines is 3. The van der Waals surface area contributed by atoms with Gasteiger partial charge in [0.2, 0.25) is 0 Å². The van der Waals surface area contributed by atoms with Crippen LogP contribution in [-0.2, 0) is 10.2 Å². The molecule has 0 aromatic carbocycles. The Kier molecular flexibility index (Phi) is 7.02. The fourth-order valence-corrected chi connectivity index (χ4v) is 5.55. The fourth-order valence-electron chi connectivity index (χ4n) is 5.55. The molecule has 3 aliphatic rings. The molecule has 9 nitrogen and oxygen atoms in total. The molecule has 5 heterocycles. The molecular formula is C28H36N8O. The Bertz CT molecular complexity index is 1220. The van der Waals surface area contributed by atoms with Gasteiger partial charge in [-0.25, -0.2) is 4.98 Å². The van der Waals surface area contributed by atoms with Gasteiger partial charge in [-0.3, -0.25) is 9.78 Å². The molecule has 1 N–H and O–H groups in total. The smallest absolute Gasteiger partial charge is 0.266 e. The Labute approximate surface area is 219 Å². The van der Waals surface area contributed by atoms with Crippen molar-refractivity contribution < 1.29 is 4.79 Å². The van der Waals surface area contributed by atoms with Gasteiger partial charge in [-0.05, 0) is 58.4 Å². The number of likely N-dealkylation sites (tertiary alicyclic amines) is 1. The van der Waals surface area contributed by atoms with Gasteiger partial charge in [0.1, 0.15) is 17.5 Å². The van der Waals surface area contributed by atoms with Crippen molar-refractivity contribution in [3.05, 3.63) is 53.6 Å². The minimum Gasteiger partial charge on any atom is -0.364 e. The normalized spacial score (nSPS) is 19.1. The number of hydrogen-bond donors (Lipinski definition) is 1. The van der Waals surface area contributed by atoms with Crippen molar-refractivity contribution >= 4 is 23.1 Å². The molecule has 2 saturated heterocycles. The Morgan fingerprint density at radius 1 is 1.05 bits per heavy atom. The number of allylic oxidation sites excluding steroid dienone is 1. The first-order valence-corrected chi connectivity index (χ1v) is 13.2. The summed E-state index contributed by atoms with van der Waals surface area (Å²) in [4.78, 5) is 31.7. The molecule has 0 aliphatic carbocycles. The summed E-state index contributed by atoms with van der Waals surface area (Å²) in [5.74, 6) is 0.742. The van der Waals surface area contributed by atoms with Crippen LogP contribution in [0.1, 0.15) is 38.8 Å². The first-order valence-electron chi connectivity index (χ1n) is 13.2. The van der Waals surface area contributed by atoms with Gasteiger partial charge in [-0.1, -0.05) is 6.07 Å². The zero-order valence-corrected chi connectivity index (χ0v) is 22.1. The van der Waals surface area contributed by atoms with Crippen molar-refractivity contribution in [3.63, 3.8) is 0 Å². The molecule has 5 rings (SSSR count). The monoisotopic (exact) mass is 500 g/mol. The summed E-state index contributed by atoms with van der Waals surface area (Å²) in [5.41, 5.74) is 2.77. The summed E-state index contributed by atoms with van der Waals surface area (Å²) in [7, 11) is 2.14. The number of pyridine rings is 2. The van der Waals surface area contributed by atoms with E-state index in [2.05, 4.69) is 58.0 Å². The van der Waals surface area contributed by atoms with Crippen LogP contribution in [0, 0.1) is 11.3 Å². The summed E-state index contributed by atoms with van der Waals surface area (Å²) in [6, 6.07) is 10.4. The maximum atomic E-state index is 13.8. The van der Waals surface area contributed by atoms with Crippen LogP contribution in [0.15, 0.2) is 47.9 Å². The number of nitrogens with zero attached hydrogens (tertiary/aromatic N) is 7. The van der Waals surface area contributed by atoms with Gasteiger partial charge in [0.25, 0.3) is 5.91 Å². The average Bonchev–Trinajstić information content (AvgIpc) is 3.35. The van der Waals surface area contributed by atoms with Crippen molar-refractivity contribution in [1.29, 1.82) is 5.26 Å². The number of fused-ring (bicyclic) bond motifs is 1. The van der Waals surface area contributed by atoms with E-state index in [9.17, 15) is 10.1 Å². The zero-order valence-electron chi connectivity index (χ0n) is 22.1. The van der Waals surface area contributed by atoms with E-state index in [4.69, 9.17) is 4.98 Å². The van der Waals surface area contributed by atoms with Crippen LogP contribution >= 0.6 is 0 Å². The fraction of sp³-hybridized carbons (Fsp3) is 0.500. The molecule has 0 radical (unpaired) electrons. The summed E-state index contributed by atoms with van der Waals surface area (Å²) >= 11 is 0. The molecule has 37 heavy (non-hydrogen) atoms. The predicted octanol–water partition coefficient (Wildman–Crippen LogP) is 3.19. The van der Waals surface area contributed by atoms with Crippen molar-refractivity contribution in [3.8, 4) is 6.07 Å². The number of piperidine rings is 1. The molecule has 0 spiro atoms. The minimum absolute atomic E-state index is 0.185. The van der Waals surface area contributed by atoms with E-state index in [-0.39, 0.29) is 11.5 Å². The lowest BCUT2D eigenvalue weighted by Gasteiger charge is -2.37. The Morgan fingerprint density at radius 3 is 2.54 bits per heavy atom. The predicted molar refractivity (Wildman–Crippen MR) is 145 cm³/mol. The van der Waals surface area contributed by atoms with Crippen molar-refractivity contribution in [2.24, 2.45) is 0 Å². The van der Waals surface area contributed by atoms with Crippen LogP contribution in [0.4, 0.5) is 17.2 Å². The lowest BCUT2D eigenvalue weighted by Crippen LogP contribution is -2.45. The van der Waals surface area contributed by atoms with Gasteiger partial charge in [-0.2, -0.15) is 5.26 Å². The standard InChI is InChI=1S/C28H36N8O/c1-28(2,24-8-7-9-25(32-24)34-16-14-33(3)15-17-34)26(36-20-31-22-19-30-11-10-23(22)36)21(18-29)27(37)35-12-5-4-6-13-35/h7-11,19,31H,4-6,12-17,20H2,1-3H3. The van der Waals surface area contributed by atoms with Gasteiger partial charge in [0, 0.05) is 50.9 Å². The molecule has 0 atom stereocenters. The van der Waals surface area contributed by atoms with Gasteiger partial charge in [-0.15, -0.1) is 0 Å². The third-order valence-corrected chi connectivity index (χ3v) is 7.79. The number of amides is 1. The molecule has 1 amide bonds. The Hall–Kier alpha value is -3.64. The first kappa shape index (κ1) is 25.0. The van der Waals surface area contributed by atoms with Crippen LogP contribution in [0.25, 0.3) is 0 Å². The number of carbonyl (C=O) groups excluding carboxylic acids is 1. The highest BCUT2D eigenvalue weighted by Crippen LogP contribution is 2.42. The summed E-state index contributed by atoms with van der Waals surface area (Å²) in [6.45, 7) is 9.79. The van der Waals surface area contributed by atoms with Gasteiger partial charge >= 0.3 is 0 Å². The molecular weight excluding hydrogens is 464 g/mol. The Morgan fingerprint density at radius 2 is 1.81 bits per heavy atom. The highest BCUT2D eigenvalue weighted by molar-refractivity contribution is 5.99. The van der Waals surface area contributed by atoms with Crippen LogP contribution in [0.2, 0.25) is 0 Å². The van der Waals surface area contributed by atoms with E-state index in [1.54, 1.807) is 12.4 Å². The second kappa shape index (κ2) is 10.4. The van der Waals surface area contributed by atoms with Crippen LogP contribution in [0.5, 0.6) is 0 Å². The minimum atomic E-state index is -0.717. The maximum Gasteiger partial charge on any atom is 0.266 e. The molecule has 0 unspecified atom stereocenters. The third kappa shape index (κ3) is 4.86. The zero-order chi connectivity index (χ0) is 26.0. The van der Waals surface area contributed by atoms with Crippen LogP contribution < -0.4 is 15.1 Å². The lowest BCUT2D eigenvalue weighted by atomic mass is 9.81. The number of piperazine rings is 1. The number of aromatic nitrogens is 2. The molecule has 3 aliphatic heterocycles. The summed E-state index contributed by atoms with van der Waals surface area (Å²) in [5, 5.41) is 13.8. The first-order chi connectivity index (χ1) is 17.9. The molecule has 2 aromatic rings. The second-order valence-corrected chi connectivity index (χ2v) is 10.6. The van der Waals surface area contributed by atoms with Gasteiger partial charge in [0.05, 0.1) is 35.6 Å². The van der Waals surface area contributed by atoms with E-state index in [1.807, 2.05) is 23.1 Å². The van der Waals surface area contributed by atoms with Crippen molar-refractivity contribution in [2.45, 2.75) is 38.5 Å². The maximum absolute atomic E-state index is 13.8. The largest absolute Gasteiger partial charge is 0.364 e. The van der Waals surface area contributed by atoms with Crippen LogP contribution in [0.3, 0.4) is 0 Å². The number of nitriles is 1. The second-order valence-electron chi connectivity index (χ2n) is 10.6. The number of likely N-dealkylation sites (N-methyl/N-ethyl adjacent to an activating group) is 1. The van der Waals surface area contributed by atoms with Gasteiger partial charge in [0.15, 0.2) is 0 Å². The number of rotatable bonds is 5. The third-order valence-electron chi connectivity index (χ3n) is 7.79. The topological polar surface area (TPSA) is 91.6 Å². The molecule has 2 aromatic heterocycles. The van der Waals surface area contributed by atoms with E-state index in [0.29, 0.717) is 25.5 Å². The van der Waals surface area contributed by atoms with Gasteiger partial charge < -0.3 is 24.9 Å². The highest BCUT2D eigenvalue weighted by Gasteiger charge is 2.40. The SMILES string of the molecule is CN1CCN(c2cccc(C(C)(C)C(=C(C#N)C(=O)N3CCCCC3)N3CNc4cnccc43)n2)CC1. The van der Waals surface area contributed by atoms with Crippen LogP contribution in [-0.4, -0.2) is 78.7 Å². The van der Waals surface area contributed by atoms with E-state index in [0.717, 1.165) is 68.3 Å². The average molecular weight is 501 g/mol. The quantitative estimate of drug-likeness (QED) is 0.495. The van der Waals surface area contributed by atoms with E-state index < -0.39 is 5.41 Å². The highest BCUT2D eigenvalue weighted by atomic mass is 16.2. The van der Waals surface area contributed by atoms with E-state index >= 15 is 0 Å². The number of nitrogens with one attached hydrogen (secondary N) is 1. The van der Waals surface area contributed by atoms with E-state index in [1.165, 1.54) is 0 Å². The lowest BCUT2D eigenvalue weighted by molar-refractivity contribution is -0.127. The molecule has 2 fully saturated rings. The molecule has 194 valence electrons. The molecule has 0 saturated carbocycles. The number of hydrogen-bond acceptors (Lipinski definition) is 8. The summed E-state index contributed by atoms with van der Waals surface area (Å²) < 4.78 is 0.